The van der Waals surface area contributed by atoms with Gasteiger partial charge in [-0.1, -0.05) is 6.58 Å². The third-order valence-corrected chi connectivity index (χ3v) is 5.56. The fourth-order valence-electron chi connectivity index (χ4n) is 4.60. The highest BCUT2D eigenvalue weighted by Crippen LogP contribution is 2.65. The lowest BCUT2D eigenvalue weighted by Crippen LogP contribution is -2.42. The Morgan fingerprint density at radius 3 is 2.95 bits per heavy atom. The Kier molecular flexibility index (Phi) is 2.40. The van der Waals surface area contributed by atoms with Gasteiger partial charge in [-0.15, -0.1) is 0 Å². The number of carbonyl (C=O) groups is 1. The van der Waals surface area contributed by atoms with Crippen LogP contribution in [0.15, 0.2) is 12.2 Å². The van der Waals surface area contributed by atoms with E-state index in [1.165, 1.54) is 6.42 Å². The van der Waals surface area contributed by atoms with E-state index in [0.717, 1.165) is 25.9 Å². The van der Waals surface area contributed by atoms with Crippen LogP contribution in [0.1, 0.15) is 32.6 Å². The molecule has 1 spiro atoms. The molecule has 2 aliphatic heterocycles. The van der Waals surface area contributed by atoms with Gasteiger partial charge in [0.2, 0.25) is 0 Å². The standard InChI is InChI=1S/C15H20O4/c1-8(2)13(16)18-11-6-10-5-9(11)7-15(10)3-4-17-14-12(15)19-14/h9-12,14H,1,3-7H2,2H3. The van der Waals surface area contributed by atoms with E-state index >= 15 is 0 Å². The first-order chi connectivity index (χ1) is 9.10. The zero-order valence-electron chi connectivity index (χ0n) is 11.3. The zero-order valence-corrected chi connectivity index (χ0v) is 11.3. The predicted octanol–water partition coefficient (Wildman–Crippen LogP) is 2.04. The first-order valence-electron chi connectivity index (χ1n) is 7.24. The molecule has 0 aromatic rings. The zero-order chi connectivity index (χ0) is 13.2. The van der Waals surface area contributed by atoms with Gasteiger partial charge >= 0.3 is 5.97 Å². The molecule has 19 heavy (non-hydrogen) atoms. The molecule has 0 aromatic heterocycles. The number of carbonyl (C=O) groups excluding carboxylic acids is 1. The van der Waals surface area contributed by atoms with Crippen molar-refractivity contribution in [1.29, 1.82) is 0 Å². The Bertz CT molecular complexity index is 445. The first kappa shape index (κ1) is 11.9. The maximum atomic E-state index is 11.6. The molecular formula is C15H20O4. The van der Waals surface area contributed by atoms with Crippen molar-refractivity contribution in [2.45, 2.75) is 51.1 Å². The van der Waals surface area contributed by atoms with E-state index in [9.17, 15) is 4.79 Å². The second-order valence-electron chi connectivity index (χ2n) is 6.64. The maximum absolute atomic E-state index is 11.6. The van der Waals surface area contributed by atoms with Gasteiger partial charge < -0.3 is 14.2 Å². The van der Waals surface area contributed by atoms with Crippen molar-refractivity contribution < 1.29 is 19.0 Å². The quantitative estimate of drug-likeness (QED) is 0.435. The maximum Gasteiger partial charge on any atom is 0.333 e. The van der Waals surface area contributed by atoms with Crippen molar-refractivity contribution in [2.24, 2.45) is 17.3 Å². The van der Waals surface area contributed by atoms with Gasteiger partial charge in [0, 0.05) is 11.0 Å². The van der Waals surface area contributed by atoms with Crippen LogP contribution in [0, 0.1) is 17.3 Å². The third-order valence-electron chi connectivity index (χ3n) is 5.56. The average molecular weight is 264 g/mol. The van der Waals surface area contributed by atoms with E-state index in [1.54, 1.807) is 6.92 Å². The number of epoxide rings is 1. The molecule has 0 radical (unpaired) electrons. The number of hydrogen-bond acceptors (Lipinski definition) is 4. The minimum atomic E-state index is -0.237. The van der Waals surface area contributed by atoms with Crippen LogP contribution in [0.2, 0.25) is 0 Å². The average Bonchev–Trinajstić information content (AvgIpc) is 2.97. The Balaban J connectivity index is 1.46. The highest BCUT2D eigenvalue weighted by Gasteiger charge is 2.67. The highest BCUT2D eigenvalue weighted by molar-refractivity contribution is 5.87. The smallest absolute Gasteiger partial charge is 0.333 e. The van der Waals surface area contributed by atoms with Gasteiger partial charge in [-0.25, -0.2) is 4.79 Å². The molecule has 0 amide bonds. The van der Waals surface area contributed by atoms with Crippen LogP contribution in [0.5, 0.6) is 0 Å². The second kappa shape index (κ2) is 3.83. The molecular weight excluding hydrogens is 244 g/mol. The number of hydrogen-bond donors (Lipinski definition) is 0. The van der Waals surface area contributed by atoms with E-state index in [4.69, 9.17) is 14.2 Å². The van der Waals surface area contributed by atoms with Crippen molar-refractivity contribution in [1.82, 2.24) is 0 Å². The number of esters is 1. The molecule has 6 unspecified atom stereocenters. The van der Waals surface area contributed by atoms with Crippen LogP contribution < -0.4 is 0 Å². The van der Waals surface area contributed by atoms with Gasteiger partial charge in [0.05, 0.1) is 6.61 Å². The van der Waals surface area contributed by atoms with E-state index in [0.29, 0.717) is 28.9 Å². The van der Waals surface area contributed by atoms with Crippen LogP contribution in [-0.2, 0) is 19.0 Å². The van der Waals surface area contributed by atoms with Crippen LogP contribution in [0.25, 0.3) is 0 Å². The molecule has 4 aliphatic rings. The normalized spacial score (nSPS) is 50.1. The molecule has 2 saturated carbocycles. The SMILES string of the molecule is C=C(C)C(=O)OC1CC2CC1CC21CCOC2OC21. The molecule has 0 N–H and O–H groups in total. The molecule has 4 fully saturated rings. The van der Waals surface area contributed by atoms with Gasteiger partial charge in [-0.05, 0) is 44.4 Å². The number of fused-ring (bicyclic) bond motifs is 5. The van der Waals surface area contributed by atoms with Gasteiger partial charge in [-0.2, -0.15) is 0 Å². The topological polar surface area (TPSA) is 48.1 Å². The summed E-state index contributed by atoms with van der Waals surface area (Å²) >= 11 is 0. The van der Waals surface area contributed by atoms with E-state index in [2.05, 4.69) is 6.58 Å². The minimum Gasteiger partial charge on any atom is -0.459 e. The fraction of sp³-hybridized carbons (Fsp3) is 0.800. The van der Waals surface area contributed by atoms with E-state index in [-0.39, 0.29) is 18.4 Å². The Morgan fingerprint density at radius 1 is 1.42 bits per heavy atom. The lowest BCUT2D eigenvalue weighted by molar-refractivity contribution is -0.148. The summed E-state index contributed by atoms with van der Waals surface area (Å²) in [6, 6.07) is 0. The predicted molar refractivity (Wildman–Crippen MR) is 67.2 cm³/mol. The van der Waals surface area contributed by atoms with Crippen molar-refractivity contribution >= 4 is 5.97 Å². The molecule has 2 saturated heterocycles. The fourth-order valence-corrected chi connectivity index (χ4v) is 4.60. The van der Waals surface area contributed by atoms with E-state index < -0.39 is 0 Å². The summed E-state index contributed by atoms with van der Waals surface area (Å²) in [7, 11) is 0. The Hall–Kier alpha value is -0.870. The summed E-state index contributed by atoms with van der Waals surface area (Å²) in [4.78, 5) is 11.6. The number of ether oxygens (including phenoxy) is 3. The van der Waals surface area contributed by atoms with Crippen molar-refractivity contribution in [3.8, 4) is 0 Å². The van der Waals surface area contributed by atoms with Gasteiger partial charge in [0.25, 0.3) is 0 Å². The Labute approximate surface area is 113 Å². The highest BCUT2D eigenvalue weighted by atomic mass is 16.8. The summed E-state index contributed by atoms with van der Waals surface area (Å²) < 4.78 is 16.8. The molecule has 2 aliphatic carbocycles. The largest absolute Gasteiger partial charge is 0.459 e. The molecule has 4 nitrogen and oxygen atoms in total. The molecule has 2 heterocycles. The second-order valence-corrected chi connectivity index (χ2v) is 6.64. The molecule has 2 bridgehead atoms. The lowest BCUT2D eigenvalue weighted by Gasteiger charge is -2.40. The van der Waals surface area contributed by atoms with Crippen molar-refractivity contribution in [3.05, 3.63) is 12.2 Å². The summed E-state index contributed by atoms with van der Waals surface area (Å²) in [5.41, 5.74) is 0.814. The molecule has 6 atom stereocenters. The van der Waals surface area contributed by atoms with E-state index in [1.807, 2.05) is 0 Å². The summed E-state index contributed by atoms with van der Waals surface area (Å²) in [5.74, 6) is 0.912. The Morgan fingerprint density at radius 2 is 2.26 bits per heavy atom. The molecule has 0 aromatic carbocycles. The van der Waals surface area contributed by atoms with Crippen LogP contribution >= 0.6 is 0 Å². The van der Waals surface area contributed by atoms with Gasteiger partial charge in [0.15, 0.2) is 6.29 Å². The van der Waals surface area contributed by atoms with Crippen LogP contribution in [0.3, 0.4) is 0 Å². The van der Waals surface area contributed by atoms with Gasteiger partial charge in [0.1, 0.15) is 12.2 Å². The summed E-state index contributed by atoms with van der Waals surface area (Å²) in [6.07, 6.45) is 4.89. The van der Waals surface area contributed by atoms with Crippen LogP contribution in [-0.4, -0.2) is 31.1 Å². The number of rotatable bonds is 2. The van der Waals surface area contributed by atoms with Crippen molar-refractivity contribution in [3.63, 3.8) is 0 Å². The van der Waals surface area contributed by atoms with Crippen molar-refractivity contribution in [2.75, 3.05) is 6.61 Å². The lowest BCUT2D eigenvalue weighted by atomic mass is 9.67. The minimum absolute atomic E-state index is 0.0597. The third kappa shape index (κ3) is 1.62. The first-order valence-corrected chi connectivity index (χ1v) is 7.24. The van der Waals surface area contributed by atoms with Gasteiger partial charge in [-0.3, -0.25) is 0 Å². The molecule has 4 heteroatoms. The molecule has 104 valence electrons. The molecule has 4 rings (SSSR count). The van der Waals surface area contributed by atoms with Crippen LogP contribution in [0.4, 0.5) is 0 Å². The summed E-state index contributed by atoms with van der Waals surface area (Å²) in [6.45, 7) is 6.18. The summed E-state index contributed by atoms with van der Waals surface area (Å²) in [5, 5.41) is 0. The monoisotopic (exact) mass is 264 g/mol.